The maximum Gasteiger partial charge on any atom is 0.240 e. The number of nitrogens with zero attached hydrogens (tertiary/aromatic N) is 3. The maximum absolute atomic E-state index is 13.8. The van der Waals surface area contributed by atoms with Crippen LogP contribution in [0.1, 0.15) is 10.4 Å². The molecule has 2 fully saturated rings. The topological polar surface area (TPSA) is 97.7 Å². The van der Waals surface area contributed by atoms with Gasteiger partial charge in [0.2, 0.25) is 11.8 Å². The first kappa shape index (κ1) is 21.7. The number of carbonyl (C=O) groups is 3. The van der Waals surface area contributed by atoms with E-state index < -0.39 is 29.8 Å². The molecule has 174 valence electrons. The van der Waals surface area contributed by atoms with Crippen LogP contribution in [0, 0.1) is 11.8 Å². The summed E-state index contributed by atoms with van der Waals surface area (Å²) in [7, 11) is 4.54. The molecule has 0 saturated carbocycles. The van der Waals surface area contributed by atoms with Crippen LogP contribution in [0.2, 0.25) is 0 Å². The van der Waals surface area contributed by atoms with Gasteiger partial charge in [-0.2, -0.15) is 5.10 Å². The summed E-state index contributed by atoms with van der Waals surface area (Å²) in [5.74, 6) is -1.19. The monoisotopic (exact) mass is 461 g/mol. The van der Waals surface area contributed by atoms with Gasteiger partial charge in [-0.05, 0) is 48.5 Å². The summed E-state index contributed by atoms with van der Waals surface area (Å²) < 4.78 is 15.8. The van der Waals surface area contributed by atoms with Crippen LogP contribution < -0.4 is 19.1 Å². The zero-order valence-electron chi connectivity index (χ0n) is 18.9. The van der Waals surface area contributed by atoms with Crippen molar-refractivity contribution >= 4 is 29.5 Å². The first-order valence-corrected chi connectivity index (χ1v) is 10.8. The number of carbonyl (C=O) groups excluding carboxylic acids is 3. The van der Waals surface area contributed by atoms with Crippen LogP contribution in [0.25, 0.3) is 0 Å². The van der Waals surface area contributed by atoms with Gasteiger partial charge in [-0.3, -0.25) is 19.4 Å². The molecule has 0 unspecified atom stereocenters. The molecule has 0 aromatic heterocycles. The van der Waals surface area contributed by atoms with Crippen molar-refractivity contribution in [1.82, 2.24) is 5.01 Å². The number of rotatable bonds is 6. The fourth-order valence-electron chi connectivity index (χ4n) is 4.98. The van der Waals surface area contributed by atoms with Crippen molar-refractivity contribution in [3.05, 3.63) is 60.2 Å². The number of hydrogen-bond acceptors (Lipinski definition) is 8. The Bertz CT molecular complexity index is 1220. The number of hydrogen-bond donors (Lipinski definition) is 0. The van der Waals surface area contributed by atoms with Crippen LogP contribution in [0.5, 0.6) is 17.2 Å². The van der Waals surface area contributed by atoms with E-state index in [0.29, 0.717) is 28.5 Å². The largest absolute Gasteiger partial charge is 0.497 e. The highest BCUT2D eigenvalue weighted by Crippen LogP contribution is 2.46. The van der Waals surface area contributed by atoms with E-state index in [1.807, 2.05) is 6.08 Å². The summed E-state index contributed by atoms with van der Waals surface area (Å²) in [6.07, 6.45) is 5.10. The van der Waals surface area contributed by atoms with Crippen LogP contribution in [-0.2, 0) is 9.59 Å². The molecule has 0 spiro atoms. The zero-order chi connectivity index (χ0) is 24.0. The van der Waals surface area contributed by atoms with Gasteiger partial charge in [0.1, 0.15) is 11.8 Å². The highest BCUT2D eigenvalue weighted by atomic mass is 16.5. The van der Waals surface area contributed by atoms with Gasteiger partial charge in [0, 0.05) is 11.8 Å². The second-order valence-corrected chi connectivity index (χ2v) is 8.16. The van der Waals surface area contributed by atoms with Crippen molar-refractivity contribution in [3.63, 3.8) is 0 Å². The Morgan fingerprint density at radius 1 is 0.882 bits per heavy atom. The maximum atomic E-state index is 13.8. The lowest BCUT2D eigenvalue weighted by Crippen LogP contribution is -2.46. The van der Waals surface area contributed by atoms with Crippen LogP contribution in [0.4, 0.5) is 5.69 Å². The van der Waals surface area contributed by atoms with E-state index in [1.54, 1.807) is 66.9 Å². The number of allylic oxidation sites excluding steroid dienone is 1. The van der Waals surface area contributed by atoms with Gasteiger partial charge >= 0.3 is 0 Å². The molecule has 5 rings (SSSR count). The van der Waals surface area contributed by atoms with E-state index in [-0.39, 0.29) is 11.7 Å². The lowest BCUT2D eigenvalue weighted by atomic mass is 9.86. The smallest absolute Gasteiger partial charge is 0.240 e. The Morgan fingerprint density at radius 3 is 2.26 bits per heavy atom. The minimum atomic E-state index is -0.936. The molecule has 0 bridgehead atoms. The number of hydrazone groups is 1. The molecule has 0 aliphatic carbocycles. The van der Waals surface area contributed by atoms with Crippen molar-refractivity contribution in [2.24, 2.45) is 16.9 Å². The molecule has 3 aliphatic heterocycles. The standard InChI is InChI=1S/C25H23N3O6/c1-32-16-9-7-15(8-10-16)27-24(30)20-17-5-4-12-26-28(17)22(21(20)25(27)31)23(29)14-6-11-18(33-2)19(13-14)34-3/h4-13,17,20-22H,1-3H3/t17-,20-,21-,22+/m1/s1. The number of benzene rings is 2. The Morgan fingerprint density at radius 2 is 1.59 bits per heavy atom. The number of ketones is 1. The number of anilines is 1. The minimum Gasteiger partial charge on any atom is -0.497 e. The zero-order valence-corrected chi connectivity index (χ0v) is 18.9. The predicted octanol–water partition coefficient (Wildman–Crippen LogP) is 2.31. The van der Waals surface area contributed by atoms with E-state index in [0.717, 1.165) is 0 Å². The van der Waals surface area contributed by atoms with Gasteiger partial charge in [0.15, 0.2) is 17.3 Å². The van der Waals surface area contributed by atoms with Crippen LogP contribution in [0.3, 0.4) is 0 Å². The molecule has 3 aliphatic rings. The SMILES string of the molecule is COc1ccc(N2C(=O)[C@@H]3[C@H](C2=O)[C@H]2C=CC=NN2[C@@H]3C(=O)c2ccc(OC)c(OC)c2)cc1. The van der Waals surface area contributed by atoms with Crippen molar-refractivity contribution in [1.29, 1.82) is 0 Å². The van der Waals surface area contributed by atoms with E-state index in [2.05, 4.69) is 5.10 Å². The van der Waals surface area contributed by atoms with Gasteiger partial charge in [-0.1, -0.05) is 6.08 Å². The Labute approximate surface area is 196 Å². The first-order chi connectivity index (χ1) is 16.5. The molecule has 0 radical (unpaired) electrons. The van der Waals surface area contributed by atoms with Gasteiger partial charge in [-0.25, -0.2) is 4.90 Å². The van der Waals surface area contributed by atoms with Gasteiger partial charge < -0.3 is 14.2 Å². The lowest BCUT2D eigenvalue weighted by molar-refractivity contribution is -0.123. The molecule has 2 aromatic rings. The normalized spacial score (nSPS) is 24.8. The summed E-state index contributed by atoms with van der Waals surface area (Å²) in [4.78, 5) is 42.1. The van der Waals surface area contributed by atoms with Crippen molar-refractivity contribution in [2.75, 3.05) is 26.2 Å². The fourth-order valence-corrected chi connectivity index (χ4v) is 4.98. The summed E-state index contributed by atoms with van der Waals surface area (Å²) >= 11 is 0. The third-order valence-corrected chi connectivity index (χ3v) is 6.56. The highest BCUT2D eigenvalue weighted by molar-refractivity contribution is 6.24. The Hall–Kier alpha value is -4.14. The molecule has 2 amide bonds. The van der Waals surface area contributed by atoms with Crippen molar-refractivity contribution in [2.45, 2.75) is 12.1 Å². The number of ether oxygens (including phenoxy) is 3. The Balaban J connectivity index is 1.55. The molecular formula is C25H23N3O6. The van der Waals surface area contributed by atoms with Gasteiger partial charge in [0.25, 0.3) is 0 Å². The number of imide groups is 1. The molecule has 9 nitrogen and oxygen atoms in total. The molecule has 34 heavy (non-hydrogen) atoms. The minimum absolute atomic E-state index is 0.316. The van der Waals surface area contributed by atoms with E-state index in [9.17, 15) is 14.4 Å². The highest BCUT2D eigenvalue weighted by Gasteiger charge is 2.64. The van der Waals surface area contributed by atoms with E-state index in [4.69, 9.17) is 14.2 Å². The quantitative estimate of drug-likeness (QED) is 0.481. The second-order valence-electron chi connectivity index (χ2n) is 8.16. The van der Waals surface area contributed by atoms with Crippen LogP contribution in [0.15, 0.2) is 59.7 Å². The number of fused-ring (bicyclic) bond motifs is 3. The third kappa shape index (κ3) is 3.15. The molecule has 3 heterocycles. The van der Waals surface area contributed by atoms with Crippen molar-refractivity contribution in [3.8, 4) is 17.2 Å². The number of methoxy groups -OCH3 is 3. The van der Waals surface area contributed by atoms with Crippen LogP contribution in [-0.4, -0.2) is 62.2 Å². The second kappa shape index (κ2) is 8.33. The summed E-state index contributed by atoms with van der Waals surface area (Å²) in [6, 6.07) is 10.1. The predicted molar refractivity (Wildman–Crippen MR) is 123 cm³/mol. The van der Waals surface area contributed by atoms with E-state index in [1.165, 1.54) is 19.1 Å². The van der Waals surface area contributed by atoms with E-state index >= 15 is 0 Å². The van der Waals surface area contributed by atoms with Crippen molar-refractivity contribution < 1.29 is 28.6 Å². The summed E-state index contributed by atoms with van der Waals surface area (Å²) in [5.41, 5.74) is 0.785. The number of Topliss-reactive ketones (excluding diaryl/α,β-unsaturated/α-hetero) is 1. The summed E-state index contributed by atoms with van der Waals surface area (Å²) in [6.45, 7) is 0. The molecule has 4 atom stereocenters. The summed E-state index contributed by atoms with van der Waals surface area (Å²) in [5, 5.41) is 5.95. The Kier molecular flexibility index (Phi) is 5.31. The van der Waals surface area contributed by atoms with Crippen LogP contribution >= 0.6 is 0 Å². The van der Waals surface area contributed by atoms with Gasteiger partial charge in [0.05, 0.1) is 44.9 Å². The fraction of sp³-hybridized carbons (Fsp3) is 0.280. The molecule has 0 N–H and O–H groups in total. The first-order valence-electron chi connectivity index (χ1n) is 10.8. The molecule has 2 saturated heterocycles. The average molecular weight is 461 g/mol. The average Bonchev–Trinajstić information content (AvgIpc) is 3.35. The lowest BCUT2D eigenvalue weighted by Gasteiger charge is -2.30. The van der Waals surface area contributed by atoms with Gasteiger partial charge in [-0.15, -0.1) is 0 Å². The molecule has 9 heteroatoms. The molecule has 2 aromatic carbocycles. The third-order valence-electron chi connectivity index (χ3n) is 6.56. The number of amides is 2. The molecular weight excluding hydrogens is 438 g/mol.